The maximum atomic E-state index is 11.9. The van der Waals surface area contributed by atoms with Gasteiger partial charge >= 0.3 is 0 Å². The van der Waals surface area contributed by atoms with E-state index in [0.717, 1.165) is 17.7 Å². The zero-order valence-corrected chi connectivity index (χ0v) is 10.3. The van der Waals surface area contributed by atoms with Gasteiger partial charge in [-0.3, -0.25) is 9.89 Å². The molecule has 0 saturated carbocycles. The average molecular weight is 224 g/mol. The first kappa shape index (κ1) is 12.7. The molecule has 1 unspecified atom stereocenters. The Kier molecular flexibility index (Phi) is 3.70. The fourth-order valence-electron chi connectivity index (χ4n) is 1.49. The van der Waals surface area contributed by atoms with Crippen LogP contribution in [0.4, 0.5) is 5.82 Å². The molecule has 1 rings (SSSR count). The highest BCUT2D eigenvalue weighted by molar-refractivity contribution is 5.97. The minimum absolute atomic E-state index is 0.191. The molecule has 0 aliphatic heterocycles. The van der Waals surface area contributed by atoms with E-state index in [1.807, 2.05) is 20.8 Å². The van der Waals surface area contributed by atoms with Gasteiger partial charge in [0, 0.05) is 11.3 Å². The fourth-order valence-corrected chi connectivity index (χ4v) is 1.49. The molecule has 0 saturated heterocycles. The standard InChI is InChI=1S/C11H20N4O/c1-5-6-11(4,12)10(16)13-9-7(2)8(3)14-15-9/h5-6,12H2,1-4H3,(H2,13,14,15,16). The lowest BCUT2D eigenvalue weighted by molar-refractivity contribution is -0.120. The Morgan fingerprint density at radius 3 is 2.62 bits per heavy atom. The van der Waals surface area contributed by atoms with Gasteiger partial charge in [0.25, 0.3) is 0 Å². The molecule has 0 aromatic carbocycles. The van der Waals surface area contributed by atoms with Crippen LogP contribution in [0, 0.1) is 13.8 Å². The number of nitrogens with zero attached hydrogens (tertiary/aromatic N) is 1. The second kappa shape index (κ2) is 4.65. The summed E-state index contributed by atoms with van der Waals surface area (Å²) < 4.78 is 0. The van der Waals surface area contributed by atoms with E-state index in [-0.39, 0.29) is 5.91 Å². The van der Waals surface area contributed by atoms with Gasteiger partial charge in [-0.05, 0) is 27.2 Å². The first-order chi connectivity index (χ1) is 7.38. The number of hydrogen-bond donors (Lipinski definition) is 3. The van der Waals surface area contributed by atoms with Gasteiger partial charge in [0.05, 0.1) is 5.54 Å². The molecule has 1 atom stereocenters. The van der Waals surface area contributed by atoms with E-state index in [2.05, 4.69) is 15.5 Å². The van der Waals surface area contributed by atoms with Crippen molar-refractivity contribution >= 4 is 11.7 Å². The molecule has 0 radical (unpaired) electrons. The number of amides is 1. The Balaban J connectivity index is 2.75. The Morgan fingerprint density at radius 2 is 2.19 bits per heavy atom. The van der Waals surface area contributed by atoms with E-state index in [4.69, 9.17) is 5.73 Å². The number of H-pyrrole nitrogens is 1. The van der Waals surface area contributed by atoms with Crippen LogP contribution in [0.5, 0.6) is 0 Å². The minimum Gasteiger partial charge on any atom is -0.318 e. The van der Waals surface area contributed by atoms with Crippen molar-refractivity contribution in [2.24, 2.45) is 5.73 Å². The monoisotopic (exact) mass is 224 g/mol. The lowest BCUT2D eigenvalue weighted by Crippen LogP contribution is -2.48. The van der Waals surface area contributed by atoms with Crippen LogP contribution in [0.1, 0.15) is 37.9 Å². The number of nitrogens with one attached hydrogen (secondary N) is 2. The van der Waals surface area contributed by atoms with Crippen molar-refractivity contribution in [3.8, 4) is 0 Å². The van der Waals surface area contributed by atoms with Gasteiger partial charge in [-0.1, -0.05) is 13.3 Å². The lowest BCUT2D eigenvalue weighted by atomic mass is 9.96. The molecule has 1 aromatic rings. The van der Waals surface area contributed by atoms with Crippen molar-refractivity contribution in [2.75, 3.05) is 5.32 Å². The van der Waals surface area contributed by atoms with E-state index in [1.54, 1.807) is 6.92 Å². The number of carbonyl (C=O) groups is 1. The van der Waals surface area contributed by atoms with Crippen molar-refractivity contribution in [3.05, 3.63) is 11.3 Å². The molecule has 1 heterocycles. The number of nitrogens with two attached hydrogens (primary N) is 1. The molecule has 4 N–H and O–H groups in total. The van der Waals surface area contributed by atoms with Crippen LogP contribution >= 0.6 is 0 Å². The predicted octanol–water partition coefficient (Wildman–Crippen LogP) is 1.48. The number of anilines is 1. The molecule has 0 bridgehead atoms. The molecular formula is C11H20N4O. The molecule has 1 amide bonds. The summed E-state index contributed by atoms with van der Waals surface area (Å²) in [5.41, 5.74) is 6.98. The largest absolute Gasteiger partial charge is 0.318 e. The second-order valence-electron chi connectivity index (χ2n) is 4.44. The van der Waals surface area contributed by atoms with E-state index in [1.165, 1.54) is 0 Å². The van der Waals surface area contributed by atoms with Crippen LogP contribution in [-0.2, 0) is 4.79 Å². The van der Waals surface area contributed by atoms with Gasteiger partial charge in [-0.2, -0.15) is 5.10 Å². The van der Waals surface area contributed by atoms with Gasteiger partial charge in [0.15, 0.2) is 5.82 Å². The Morgan fingerprint density at radius 1 is 1.56 bits per heavy atom. The highest BCUT2D eigenvalue weighted by Gasteiger charge is 2.28. The zero-order valence-electron chi connectivity index (χ0n) is 10.3. The van der Waals surface area contributed by atoms with Gasteiger partial charge in [0.2, 0.25) is 5.91 Å². The highest BCUT2D eigenvalue weighted by Crippen LogP contribution is 2.17. The lowest BCUT2D eigenvalue weighted by Gasteiger charge is -2.22. The van der Waals surface area contributed by atoms with Crippen molar-refractivity contribution in [1.82, 2.24) is 10.2 Å². The maximum Gasteiger partial charge on any atom is 0.245 e. The van der Waals surface area contributed by atoms with Crippen LogP contribution < -0.4 is 11.1 Å². The quantitative estimate of drug-likeness (QED) is 0.724. The highest BCUT2D eigenvalue weighted by atomic mass is 16.2. The van der Waals surface area contributed by atoms with E-state index in [0.29, 0.717) is 12.2 Å². The molecular weight excluding hydrogens is 204 g/mol. The number of aryl methyl sites for hydroxylation is 1. The van der Waals surface area contributed by atoms with Crippen LogP contribution in [0.15, 0.2) is 0 Å². The third kappa shape index (κ3) is 2.61. The maximum absolute atomic E-state index is 11.9. The molecule has 0 fully saturated rings. The van der Waals surface area contributed by atoms with E-state index in [9.17, 15) is 4.79 Å². The molecule has 0 spiro atoms. The summed E-state index contributed by atoms with van der Waals surface area (Å²) in [6.45, 7) is 7.55. The summed E-state index contributed by atoms with van der Waals surface area (Å²) in [5, 5.41) is 9.59. The topological polar surface area (TPSA) is 83.8 Å². The average Bonchev–Trinajstić information content (AvgIpc) is 2.49. The van der Waals surface area contributed by atoms with Crippen LogP contribution in [-0.4, -0.2) is 21.6 Å². The Hall–Kier alpha value is -1.36. The summed E-state index contributed by atoms with van der Waals surface area (Å²) in [7, 11) is 0. The minimum atomic E-state index is -0.839. The molecule has 1 aromatic heterocycles. The van der Waals surface area contributed by atoms with Gasteiger partial charge in [-0.25, -0.2) is 0 Å². The third-order valence-electron chi connectivity index (χ3n) is 2.77. The number of rotatable bonds is 4. The second-order valence-corrected chi connectivity index (χ2v) is 4.44. The molecule has 16 heavy (non-hydrogen) atoms. The SMILES string of the molecule is CCCC(C)(N)C(=O)Nc1n[nH]c(C)c1C. The number of carbonyl (C=O) groups excluding carboxylic acids is 1. The molecule has 0 aliphatic carbocycles. The normalized spacial score (nSPS) is 14.6. The predicted molar refractivity (Wildman–Crippen MR) is 64.2 cm³/mol. The first-order valence-electron chi connectivity index (χ1n) is 5.50. The van der Waals surface area contributed by atoms with Crippen LogP contribution in [0.2, 0.25) is 0 Å². The van der Waals surface area contributed by atoms with Gasteiger partial charge in [0.1, 0.15) is 0 Å². The van der Waals surface area contributed by atoms with Crippen molar-refractivity contribution < 1.29 is 4.79 Å². The summed E-state index contributed by atoms with van der Waals surface area (Å²) >= 11 is 0. The Bertz CT molecular complexity index is 381. The van der Waals surface area contributed by atoms with Gasteiger partial charge < -0.3 is 11.1 Å². The Labute approximate surface area is 95.8 Å². The molecule has 5 heteroatoms. The van der Waals surface area contributed by atoms with Crippen molar-refractivity contribution in [1.29, 1.82) is 0 Å². The van der Waals surface area contributed by atoms with E-state index < -0.39 is 5.54 Å². The smallest absolute Gasteiger partial charge is 0.245 e. The van der Waals surface area contributed by atoms with Crippen molar-refractivity contribution in [2.45, 2.75) is 46.1 Å². The summed E-state index contributed by atoms with van der Waals surface area (Å²) in [6, 6.07) is 0. The molecule has 90 valence electrons. The first-order valence-corrected chi connectivity index (χ1v) is 5.50. The number of hydrogen-bond acceptors (Lipinski definition) is 3. The summed E-state index contributed by atoms with van der Waals surface area (Å²) in [5.74, 6) is 0.374. The van der Waals surface area contributed by atoms with Crippen LogP contribution in [0.3, 0.4) is 0 Å². The summed E-state index contributed by atoms with van der Waals surface area (Å²) in [6.07, 6.45) is 1.53. The third-order valence-corrected chi connectivity index (χ3v) is 2.77. The summed E-state index contributed by atoms with van der Waals surface area (Å²) in [4.78, 5) is 11.9. The van der Waals surface area contributed by atoms with E-state index >= 15 is 0 Å². The number of aromatic amines is 1. The molecule has 5 nitrogen and oxygen atoms in total. The van der Waals surface area contributed by atoms with Crippen LogP contribution in [0.25, 0.3) is 0 Å². The fraction of sp³-hybridized carbons (Fsp3) is 0.636. The van der Waals surface area contributed by atoms with Gasteiger partial charge in [-0.15, -0.1) is 0 Å². The number of aromatic nitrogens is 2. The zero-order chi connectivity index (χ0) is 12.3. The molecule has 0 aliphatic rings. The van der Waals surface area contributed by atoms with Crippen molar-refractivity contribution in [3.63, 3.8) is 0 Å².